The molecule has 0 saturated heterocycles. The van der Waals surface area contributed by atoms with Crippen molar-refractivity contribution in [1.82, 2.24) is 0 Å². The molecule has 1 aromatic carbocycles. The van der Waals surface area contributed by atoms with E-state index in [1.165, 1.54) is 38.5 Å². The van der Waals surface area contributed by atoms with Gasteiger partial charge in [-0.1, -0.05) is 6.07 Å². The number of carboxylic acids is 1. The zero-order valence-electron chi connectivity index (χ0n) is 18.7. The molecule has 0 atom stereocenters. The average molecular weight is 464 g/mol. The monoisotopic (exact) mass is 464 g/mol. The van der Waals surface area contributed by atoms with Gasteiger partial charge in [-0.2, -0.15) is 0 Å². The van der Waals surface area contributed by atoms with Crippen LogP contribution >= 0.6 is 0 Å². The fourth-order valence-electron chi connectivity index (χ4n) is 2.59. The molecule has 0 spiro atoms. The molecule has 0 fully saturated rings. The highest BCUT2D eigenvalue weighted by atomic mass is 16.6. The van der Waals surface area contributed by atoms with Crippen LogP contribution in [0.1, 0.15) is 56.9 Å². The van der Waals surface area contributed by atoms with E-state index in [0.717, 1.165) is 6.08 Å². The van der Waals surface area contributed by atoms with Gasteiger partial charge in [-0.3, -0.25) is 19.2 Å². The summed E-state index contributed by atoms with van der Waals surface area (Å²) in [5.74, 6) is -3.11. The third-order valence-corrected chi connectivity index (χ3v) is 4.31. The second kappa shape index (κ2) is 15.2. The van der Waals surface area contributed by atoms with E-state index in [9.17, 15) is 24.0 Å². The number of unbranched alkanes of at least 4 members (excludes halogenated alkanes) is 2. The second-order valence-electron chi connectivity index (χ2n) is 6.89. The molecular weight excluding hydrogens is 436 g/mol. The quantitative estimate of drug-likeness (QED) is 0.189. The summed E-state index contributed by atoms with van der Waals surface area (Å²) in [6.45, 7) is 0. The number of carboxylic acid groups (broad SMARTS) is 1. The molecule has 0 unspecified atom stereocenters. The molecular formula is C23H28O10. The summed E-state index contributed by atoms with van der Waals surface area (Å²) in [5, 5.41) is 8.79. The molecule has 1 aromatic rings. The van der Waals surface area contributed by atoms with Crippen LogP contribution in [0.2, 0.25) is 0 Å². The van der Waals surface area contributed by atoms with E-state index in [0.29, 0.717) is 31.2 Å². The van der Waals surface area contributed by atoms with Gasteiger partial charge in [0.15, 0.2) is 11.5 Å². The smallest absolute Gasteiger partial charge is 0.328 e. The lowest BCUT2D eigenvalue weighted by Gasteiger charge is -2.11. The third kappa shape index (κ3) is 12.1. The van der Waals surface area contributed by atoms with E-state index in [4.69, 9.17) is 14.6 Å². The number of ether oxygens (including phenoxy) is 4. The molecule has 0 aromatic heterocycles. The van der Waals surface area contributed by atoms with Crippen LogP contribution in [0.4, 0.5) is 0 Å². The Hall–Kier alpha value is -3.69. The van der Waals surface area contributed by atoms with Gasteiger partial charge in [-0.15, -0.1) is 0 Å². The minimum atomic E-state index is -1.15. The van der Waals surface area contributed by atoms with E-state index in [-0.39, 0.29) is 49.1 Å². The van der Waals surface area contributed by atoms with Crippen LogP contribution in [0.3, 0.4) is 0 Å². The Morgan fingerprint density at radius 2 is 1.18 bits per heavy atom. The number of methoxy groups -OCH3 is 2. The Labute approximate surface area is 191 Å². The minimum Gasteiger partial charge on any atom is -0.478 e. The molecule has 0 aliphatic rings. The van der Waals surface area contributed by atoms with E-state index < -0.39 is 17.9 Å². The molecule has 0 aliphatic carbocycles. The van der Waals surface area contributed by atoms with E-state index >= 15 is 0 Å². The van der Waals surface area contributed by atoms with E-state index in [1.54, 1.807) is 0 Å². The third-order valence-electron chi connectivity index (χ3n) is 4.31. The lowest BCUT2D eigenvalue weighted by Crippen LogP contribution is -2.12. The topological polar surface area (TPSA) is 142 Å². The Morgan fingerprint density at radius 3 is 1.64 bits per heavy atom. The molecule has 0 saturated carbocycles. The highest BCUT2D eigenvalue weighted by molar-refractivity contribution is 5.85. The molecule has 10 nitrogen and oxygen atoms in total. The first-order chi connectivity index (χ1) is 15.7. The molecule has 10 heteroatoms. The van der Waals surface area contributed by atoms with Crippen LogP contribution in [0.5, 0.6) is 11.5 Å². The number of hydrogen-bond donors (Lipinski definition) is 1. The van der Waals surface area contributed by atoms with Crippen molar-refractivity contribution in [1.29, 1.82) is 0 Å². The summed E-state index contributed by atoms with van der Waals surface area (Å²) in [6, 6.07) is 4.28. The molecule has 1 rings (SSSR count). The van der Waals surface area contributed by atoms with Gasteiger partial charge in [0, 0.05) is 31.8 Å². The maximum atomic E-state index is 12.2. The Morgan fingerprint density at radius 1 is 0.727 bits per heavy atom. The van der Waals surface area contributed by atoms with Gasteiger partial charge in [0.05, 0.1) is 14.2 Å². The number of aliphatic carboxylic acids is 1. The van der Waals surface area contributed by atoms with Gasteiger partial charge in [0.1, 0.15) is 0 Å². The van der Waals surface area contributed by atoms with Gasteiger partial charge in [0.25, 0.3) is 0 Å². The normalized spacial score (nSPS) is 10.5. The molecule has 0 aliphatic heterocycles. The predicted octanol–water partition coefficient (Wildman–Crippen LogP) is 3.06. The molecule has 1 N–H and O–H groups in total. The first-order valence-corrected chi connectivity index (χ1v) is 10.3. The fourth-order valence-corrected chi connectivity index (χ4v) is 2.59. The van der Waals surface area contributed by atoms with Gasteiger partial charge >= 0.3 is 29.8 Å². The molecule has 0 bridgehead atoms. The number of carbonyl (C=O) groups is 5. The second-order valence-corrected chi connectivity index (χ2v) is 6.89. The van der Waals surface area contributed by atoms with Crippen LogP contribution in [-0.4, -0.2) is 49.2 Å². The zero-order chi connectivity index (χ0) is 24.6. The minimum absolute atomic E-state index is 0.00311. The van der Waals surface area contributed by atoms with Crippen LogP contribution in [0, 0.1) is 0 Å². The largest absolute Gasteiger partial charge is 0.478 e. The summed E-state index contributed by atoms with van der Waals surface area (Å²) in [7, 11) is 2.57. The Kier molecular flexibility index (Phi) is 12.6. The van der Waals surface area contributed by atoms with Crippen molar-refractivity contribution in [3.05, 3.63) is 29.8 Å². The maximum Gasteiger partial charge on any atom is 0.328 e. The van der Waals surface area contributed by atoms with Crippen LogP contribution in [0.15, 0.2) is 24.3 Å². The Balaban J connectivity index is 2.77. The lowest BCUT2D eigenvalue weighted by molar-refractivity contribution is -0.141. The molecule has 0 amide bonds. The van der Waals surface area contributed by atoms with Crippen molar-refractivity contribution < 1.29 is 48.0 Å². The van der Waals surface area contributed by atoms with Crippen molar-refractivity contribution in [2.24, 2.45) is 0 Å². The van der Waals surface area contributed by atoms with Gasteiger partial charge in [0.2, 0.25) is 0 Å². The molecule has 0 heterocycles. The fraction of sp³-hybridized carbons (Fsp3) is 0.435. The summed E-state index contributed by atoms with van der Waals surface area (Å²) < 4.78 is 19.7. The van der Waals surface area contributed by atoms with Crippen molar-refractivity contribution in [2.75, 3.05) is 14.2 Å². The molecule has 0 radical (unpaired) electrons. The van der Waals surface area contributed by atoms with E-state index in [2.05, 4.69) is 9.47 Å². The van der Waals surface area contributed by atoms with Crippen LogP contribution in [0.25, 0.3) is 6.08 Å². The van der Waals surface area contributed by atoms with Gasteiger partial charge < -0.3 is 24.1 Å². The van der Waals surface area contributed by atoms with Gasteiger partial charge in [-0.05, 0) is 49.5 Å². The standard InChI is InChI=1S/C23H28O10/c1-30-20(26)7-3-5-9-22(28)32-17-13-11-16(12-14-19(24)25)15-18(17)33-23(29)10-6-4-8-21(27)31-2/h11-15H,3-10H2,1-2H3,(H,24,25)/b14-12+. The van der Waals surface area contributed by atoms with Crippen LogP contribution < -0.4 is 9.47 Å². The molecule has 180 valence electrons. The highest BCUT2D eigenvalue weighted by Crippen LogP contribution is 2.30. The summed E-state index contributed by atoms with van der Waals surface area (Å²) in [4.78, 5) is 57.4. The predicted molar refractivity (Wildman–Crippen MR) is 115 cm³/mol. The maximum absolute atomic E-state index is 12.2. The van der Waals surface area contributed by atoms with Gasteiger partial charge in [-0.25, -0.2) is 4.79 Å². The summed E-state index contributed by atoms with van der Waals surface area (Å²) in [5.41, 5.74) is 0.420. The van der Waals surface area contributed by atoms with Crippen molar-refractivity contribution in [2.45, 2.75) is 51.4 Å². The zero-order valence-corrected chi connectivity index (χ0v) is 18.7. The van der Waals surface area contributed by atoms with Crippen molar-refractivity contribution in [3.8, 4) is 11.5 Å². The highest BCUT2D eigenvalue weighted by Gasteiger charge is 2.15. The first-order valence-electron chi connectivity index (χ1n) is 10.3. The average Bonchev–Trinajstić information content (AvgIpc) is 2.79. The first kappa shape index (κ1) is 27.3. The number of carbonyl (C=O) groups excluding carboxylic acids is 4. The summed E-state index contributed by atoms with van der Waals surface area (Å²) >= 11 is 0. The number of benzene rings is 1. The molecule has 33 heavy (non-hydrogen) atoms. The van der Waals surface area contributed by atoms with Crippen molar-refractivity contribution in [3.63, 3.8) is 0 Å². The number of hydrogen-bond acceptors (Lipinski definition) is 9. The summed E-state index contributed by atoms with van der Waals surface area (Å²) in [6.07, 6.45) is 4.33. The van der Waals surface area contributed by atoms with E-state index in [1.807, 2.05) is 0 Å². The Bertz CT molecular complexity index is 872. The SMILES string of the molecule is COC(=O)CCCCC(=O)Oc1ccc(/C=C/C(=O)O)cc1OC(=O)CCCCC(=O)OC. The number of esters is 4. The number of rotatable bonds is 14. The van der Waals surface area contributed by atoms with Crippen molar-refractivity contribution >= 4 is 35.9 Å². The lowest BCUT2D eigenvalue weighted by atomic mass is 10.1. The van der Waals surface area contributed by atoms with Crippen LogP contribution in [-0.2, 0) is 33.4 Å².